The van der Waals surface area contributed by atoms with Crippen molar-refractivity contribution in [3.63, 3.8) is 0 Å². The van der Waals surface area contributed by atoms with Crippen molar-refractivity contribution in [2.24, 2.45) is 5.92 Å². The molecule has 1 N–H and O–H groups in total. The summed E-state index contributed by atoms with van der Waals surface area (Å²) in [4.78, 5) is 17.3. The highest BCUT2D eigenvalue weighted by molar-refractivity contribution is 5.86. The molecule has 1 aliphatic carbocycles. The summed E-state index contributed by atoms with van der Waals surface area (Å²) < 4.78 is 0. The largest absolute Gasteiger partial charge is 0.477 e. The molecule has 2 rings (SSSR count). The van der Waals surface area contributed by atoms with Crippen molar-refractivity contribution in [1.82, 2.24) is 9.88 Å². The van der Waals surface area contributed by atoms with Crippen molar-refractivity contribution in [3.05, 3.63) is 29.6 Å². The van der Waals surface area contributed by atoms with Crippen LogP contribution in [-0.2, 0) is 6.54 Å². The molecule has 0 spiro atoms. The second-order valence-corrected chi connectivity index (χ2v) is 4.59. The van der Waals surface area contributed by atoms with Crippen LogP contribution < -0.4 is 0 Å². The molecule has 4 heteroatoms. The average Bonchev–Trinajstić information content (AvgIpc) is 3.12. The van der Waals surface area contributed by atoms with Gasteiger partial charge >= 0.3 is 5.97 Å². The highest BCUT2D eigenvalue weighted by Crippen LogP contribution is 2.30. The molecule has 1 saturated carbocycles. The first kappa shape index (κ1) is 12.0. The van der Waals surface area contributed by atoms with E-state index in [1.165, 1.54) is 19.0 Å². The zero-order chi connectivity index (χ0) is 12.3. The lowest BCUT2D eigenvalue weighted by molar-refractivity contribution is 0.0687. The Morgan fingerprint density at radius 1 is 1.59 bits per heavy atom. The number of carboxylic acids is 1. The van der Waals surface area contributed by atoms with Crippen molar-refractivity contribution in [2.45, 2.75) is 26.3 Å². The van der Waals surface area contributed by atoms with Gasteiger partial charge < -0.3 is 5.11 Å². The number of pyridine rings is 1. The third-order valence-corrected chi connectivity index (χ3v) is 3.15. The van der Waals surface area contributed by atoms with Crippen LogP contribution in [0.4, 0.5) is 0 Å². The molecule has 17 heavy (non-hydrogen) atoms. The number of hydrogen-bond acceptors (Lipinski definition) is 3. The quantitative estimate of drug-likeness (QED) is 0.818. The van der Waals surface area contributed by atoms with Gasteiger partial charge in [0.2, 0.25) is 0 Å². The molecule has 0 aromatic carbocycles. The Kier molecular flexibility index (Phi) is 3.74. The first-order valence-corrected chi connectivity index (χ1v) is 6.10. The lowest BCUT2D eigenvalue weighted by Gasteiger charge is -2.20. The Morgan fingerprint density at radius 3 is 2.94 bits per heavy atom. The van der Waals surface area contributed by atoms with Crippen LogP contribution in [0, 0.1) is 5.92 Å². The molecule has 1 aliphatic rings. The van der Waals surface area contributed by atoms with E-state index in [9.17, 15) is 4.79 Å². The molecule has 4 nitrogen and oxygen atoms in total. The van der Waals surface area contributed by atoms with Crippen LogP contribution in [0.15, 0.2) is 18.3 Å². The van der Waals surface area contributed by atoms with Gasteiger partial charge in [-0.2, -0.15) is 0 Å². The molecular formula is C13H18N2O2. The predicted molar refractivity (Wildman–Crippen MR) is 64.9 cm³/mol. The minimum atomic E-state index is -0.942. The van der Waals surface area contributed by atoms with Crippen molar-refractivity contribution in [1.29, 1.82) is 0 Å². The third kappa shape index (κ3) is 3.27. The van der Waals surface area contributed by atoms with Crippen molar-refractivity contribution >= 4 is 5.97 Å². The molecule has 1 aromatic heterocycles. The van der Waals surface area contributed by atoms with Crippen LogP contribution in [0.1, 0.15) is 35.8 Å². The van der Waals surface area contributed by atoms with Gasteiger partial charge in [-0.3, -0.25) is 4.90 Å². The second kappa shape index (κ2) is 5.27. The van der Waals surface area contributed by atoms with Crippen molar-refractivity contribution in [2.75, 3.05) is 13.1 Å². The van der Waals surface area contributed by atoms with Crippen molar-refractivity contribution < 1.29 is 9.90 Å². The molecule has 0 bridgehead atoms. The minimum Gasteiger partial charge on any atom is -0.477 e. The number of carboxylic acid groups (broad SMARTS) is 1. The molecule has 1 aromatic rings. The van der Waals surface area contributed by atoms with Crippen molar-refractivity contribution in [3.8, 4) is 0 Å². The van der Waals surface area contributed by atoms with Gasteiger partial charge in [0, 0.05) is 19.3 Å². The van der Waals surface area contributed by atoms with Gasteiger partial charge in [0.25, 0.3) is 0 Å². The van der Waals surface area contributed by atoms with Crippen LogP contribution in [0.2, 0.25) is 0 Å². The fraction of sp³-hybridized carbons (Fsp3) is 0.538. The fourth-order valence-corrected chi connectivity index (χ4v) is 1.97. The van der Waals surface area contributed by atoms with E-state index in [4.69, 9.17) is 5.11 Å². The Labute approximate surface area is 101 Å². The molecule has 0 atom stereocenters. The highest BCUT2D eigenvalue weighted by Gasteiger charge is 2.24. The smallest absolute Gasteiger partial charge is 0.354 e. The lowest BCUT2D eigenvalue weighted by atomic mass is 10.1. The lowest BCUT2D eigenvalue weighted by Crippen LogP contribution is -2.26. The second-order valence-electron chi connectivity index (χ2n) is 4.59. The monoisotopic (exact) mass is 234 g/mol. The Morgan fingerprint density at radius 2 is 2.35 bits per heavy atom. The maximum absolute atomic E-state index is 11.0. The fourth-order valence-electron chi connectivity index (χ4n) is 1.97. The first-order valence-electron chi connectivity index (χ1n) is 6.10. The van der Waals surface area contributed by atoms with Gasteiger partial charge in [-0.15, -0.1) is 0 Å². The molecule has 0 aliphatic heterocycles. The van der Waals surface area contributed by atoms with Gasteiger partial charge in [0.15, 0.2) is 5.69 Å². The van der Waals surface area contributed by atoms with Gasteiger partial charge in [-0.1, -0.05) is 13.0 Å². The highest BCUT2D eigenvalue weighted by atomic mass is 16.4. The number of hydrogen-bond donors (Lipinski definition) is 1. The van der Waals surface area contributed by atoms with Crippen LogP contribution in [-0.4, -0.2) is 34.0 Å². The van der Waals surface area contributed by atoms with E-state index in [1.54, 1.807) is 6.07 Å². The third-order valence-electron chi connectivity index (χ3n) is 3.15. The number of carbonyl (C=O) groups is 1. The summed E-state index contributed by atoms with van der Waals surface area (Å²) in [5.74, 6) is -0.122. The Balaban J connectivity index is 2.07. The maximum atomic E-state index is 11.0. The topological polar surface area (TPSA) is 53.4 Å². The van der Waals surface area contributed by atoms with E-state index in [1.807, 2.05) is 6.07 Å². The minimum absolute atomic E-state index is 0.182. The summed E-state index contributed by atoms with van der Waals surface area (Å²) in [6, 6.07) is 3.65. The summed E-state index contributed by atoms with van der Waals surface area (Å²) in [5, 5.41) is 9.06. The molecule has 0 amide bonds. The summed E-state index contributed by atoms with van der Waals surface area (Å²) in [6.45, 7) is 4.82. The van der Waals surface area contributed by atoms with Crippen LogP contribution in [0.3, 0.4) is 0 Å². The van der Waals surface area contributed by atoms with E-state index in [0.717, 1.165) is 24.6 Å². The summed E-state index contributed by atoms with van der Waals surface area (Å²) in [7, 11) is 0. The van der Waals surface area contributed by atoms with Gasteiger partial charge in [0.05, 0.1) is 0 Å². The molecular weight excluding hydrogens is 216 g/mol. The molecule has 92 valence electrons. The van der Waals surface area contributed by atoms with Crippen LogP contribution >= 0.6 is 0 Å². The molecule has 0 unspecified atom stereocenters. The first-order chi connectivity index (χ1) is 8.20. The normalized spacial score (nSPS) is 15.2. The Hall–Kier alpha value is -1.42. The van der Waals surface area contributed by atoms with E-state index in [0.29, 0.717) is 6.54 Å². The molecule has 0 saturated heterocycles. The summed E-state index contributed by atoms with van der Waals surface area (Å²) >= 11 is 0. The van der Waals surface area contributed by atoms with Gasteiger partial charge in [-0.25, -0.2) is 9.78 Å². The molecule has 1 fully saturated rings. The molecule has 0 radical (unpaired) electrons. The van der Waals surface area contributed by atoms with Crippen LogP contribution in [0.25, 0.3) is 0 Å². The van der Waals surface area contributed by atoms with E-state index < -0.39 is 5.97 Å². The average molecular weight is 234 g/mol. The summed E-state index contributed by atoms with van der Waals surface area (Å²) in [5.41, 5.74) is 0.990. The SMILES string of the molecule is CCN(Cc1cccnc1C(=O)O)CC1CC1. The zero-order valence-corrected chi connectivity index (χ0v) is 10.1. The number of aromatic nitrogens is 1. The van der Waals surface area contributed by atoms with Gasteiger partial charge in [-0.05, 0) is 36.9 Å². The number of aromatic carboxylic acids is 1. The van der Waals surface area contributed by atoms with Crippen LogP contribution in [0.5, 0.6) is 0 Å². The zero-order valence-electron chi connectivity index (χ0n) is 10.1. The maximum Gasteiger partial charge on any atom is 0.354 e. The van der Waals surface area contributed by atoms with Gasteiger partial charge in [0.1, 0.15) is 0 Å². The number of nitrogens with zero attached hydrogens (tertiary/aromatic N) is 2. The van der Waals surface area contributed by atoms with E-state index >= 15 is 0 Å². The summed E-state index contributed by atoms with van der Waals surface area (Å²) in [6.07, 6.45) is 4.16. The standard InChI is InChI=1S/C13H18N2O2/c1-2-15(8-10-5-6-10)9-11-4-3-7-14-12(11)13(16)17/h3-4,7,10H,2,5-6,8-9H2,1H3,(H,16,17). The predicted octanol–water partition coefficient (Wildman–Crippen LogP) is 2.01. The van der Waals surface area contributed by atoms with E-state index in [2.05, 4.69) is 16.8 Å². The van der Waals surface area contributed by atoms with E-state index in [-0.39, 0.29) is 5.69 Å². The Bertz CT molecular complexity index is 402. The number of rotatable bonds is 6. The molecule has 1 heterocycles.